The van der Waals surface area contributed by atoms with E-state index in [4.69, 9.17) is 15.0 Å². The highest BCUT2D eigenvalue weighted by molar-refractivity contribution is 5.82. The molecular formula is C40H27N5. The first kappa shape index (κ1) is 27.7. The third-order valence-electron chi connectivity index (χ3n) is 8.63. The lowest BCUT2D eigenvalue weighted by molar-refractivity contribution is 0.499. The molecule has 2 aliphatic carbocycles. The summed E-state index contributed by atoms with van der Waals surface area (Å²) >= 11 is 0. The number of allylic oxidation sites excluding steroid dienone is 8. The maximum absolute atomic E-state index is 9.71. The van der Waals surface area contributed by atoms with Gasteiger partial charge in [-0.15, -0.1) is 0 Å². The SMILES string of the molecule is CC1(c2ccc(-c3nc(-c4ccccc4)nc(-c4ccccc4)n3)cc2)C(c2cc(C#N)cc(C#N)c2)=CC=C2C=CC=CC21. The van der Waals surface area contributed by atoms with Crippen LogP contribution in [0.3, 0.4) is 0 Å². The lowest BCUT2D eigenvalue weighted by Crippen LogP contribution is -2.36. The van der Waals surface area contributed by atoms with Gasteiger partial charge in [-0.05, 0) is 40.5 Å². The lowest BCUT2D eigenvalue weighted by Gasteiger charge is -2.43. The van der Waals surface area contributed by atoms with E-state index in [2.05, 4.69) is 79.8 Å². The van der Waals surface area contributed by atoms with Crippen LogP contribution in [-0.2, 0) is 5.41 Å². The number of hydrogen-bond acceptors (Lipinski definition) is 5. The Bertz CT molecular complexity index is 2040. The minimum Gasteiger partial charge on any atom is -0.208 e. The molecule has 0 bridgehead atoms. The molecule has 2 unspecified atom stereocenters. The molecule has 0 radical (unpaired) electrons. The molecule has 0 aliphatic heterocycles. The molecule has 1 heterocycles. The standard InChI is InChI=1S/C40H27N5/c1-40(35-15-9-8-10-29(35)18-21-36(40)33-23-27(25-41)22-28(24-33)26-42)34-19-16-32(17-20-34)39-44-37(30-11-4-2-5-12-30)43-38(45-39)31-13-6-3-7-14-31/h2-24,35H,1H3. The number of nitrogens with zero attached hydrogens (tertiary/aromatic N) is 5. The van der Waals surface area contributed by atoms with Crippen molar-refractivity contribution in [3.8, 4) is 46.3 Å². The second-order valence-electron chi connectivity index (χ2n) is 11.3. The Morgan fingerprint density at radius 1 is 0.600 bits per heavy atom. The molecule has 5 aromatic rings. The summed E-state index contributed by atoms with van der Waals surface area (Å²) < 4.78 is 0. The van der Waals surface area contributed by atoms with Crippen molar-refractivity contribution < 1.29 is 0 Å². The van der Waals surface area contributed by atoms with Crippen LogP contribution in [0.4, 0.5) is 0 Å². The number of benzene rings is 4. The van der Waals surface area contributed by atoms with Crippen LogP contribution in [0.5, 0.6) is 0 Å². The minimum atomic E-state index is -0.478. The van der Waals surface area contributed by atoms with Crippen molar-refractivity contribution in [3.05, 3.63) is 167 Å². The molecule has 1 aromatic heterocycles. The summed E-state index contributed by atoms with van der Waals surface area (Å²) in [4.78, 5) is 14.6. The Kier molecular flexibility index (Phi) is 7.06. The number of nitriles is 2. The molecule has 5 nitrogen and oxygen atoms in total. The second-order valence-corrected chi connectivity index (χ2v) is 11.3. The topological polar surface area (TPSA) is 86.2 Å². The van der Waals surface area contributed by atoms with E-state index in [-0.39, 0.29) is 5.92 Å². The Hall–Kier alpha value is -6.17. The van der Waals surface area contributed by atoms with Crippen LogP contribution in [0.25, 0.3) is 39.7 Å². The van der Waals surface area contributed by atoms with E-state index in [1.165, 1.54) is 5.57 Å². The molecule has 0 fully saturated rings. The fraction of sp³-hybridized carbons (Fsp3) is 0.0750. The van der Waals surface area contributed by atoms with Crippen molar-refractivity contribution in [2.24, 2.45) is 5.92 Å². The first-order valence-electron chi connectivity index (χ1n) is 14.8. The zero-order valence-corrected chi connectivity index (χ0v) is 24.6. The number of fused-ring (bicyclic) bond motifs is 1. The zero-order valence-electron chi connectivity index (χ0n) is 24.6. The first-order chi connectivity index (χ1) is 22.1. The van der Waals surface area contributed by atoms with Gasteiger partial charge in [-0.25, -0.2) is 15.0 Å². The summed E-state index contributed by atoms with van der Waals surface area (Å²) in [6.07, 6.45) is 12.8. The normalized spacial score (nSPS) is 18.2. The van der Waals surface area contributed by atoms with Gasteiger partial charge in [-0.1, -0.05) is 128 Å². The van der Waals surface area contributed by atoms with Gasteiger partial charge in [0.05, 0.1) is 23.3 Å². The van der Waals surface area contributed by atoms with Crippen molar-refractivity contribution >= 4 is 5.57 Å². The van der Waals surface area contributed by atoms with E-state index in [0.29, 0.717) is 28.6 Å². The average molecular weight is 578 g/mol. The summed E-state index contributed by atoms with van der Waals surface area (Å²) in [5.74, 6) is 1.90. The third kappa shape index (κ3) is 5.07. The van der Waals surface area contributed by atoms with Gasteiger partial charge in [0.15, 0.2) is 17.5 Å². The van der Waals surface area contributed by atoms with Gasteiger partial charge in [-0.2, -0.15) is 10.5 Å². The third-order valence-corrected chi connectivity index (χ3v) is 8.63. The van der Waals surface area contributed by atoms with Gasteiger partial charge < -0.3 is 0 Å². The Morgan fingerprint density at radius 3 is 1.67 bits per heavy atom. The van der Waals surface area contributed by atoms with E-state index in [1.807, 2.05) is 72.8 Å². The summed E-state index contributed by atoms with van der Waals surface area (Å²) in [6.45, 7) is 2.24. The molecule has 0 N–H and O–H groups in total. The smallest absolute Gasteiger partial charge is 0.164 e. The molecule has 0 saturated heterocycles. The highest BCUT2D eigenvalue weighted by Gasteiger charge is 2.42. The summed E-state index contributed by atoms with van der Waals surface area (Å²) in [5.41, 5.74) is 7.42. The van der Waals surface area contributed by atoms with Gasteiger partial charge in [0.2, 0.25) is 0 Å². The quantitative estimate of drug-likeness (QED) is 0.209. The van der Waals surface area contributed by atoms with Gasteiger partial charge in [0, 0.05) is 28.0 Å². The van der Waals surface area contributed by atoms with Crippen LogP contribution >= 0.6 is 0 Å². The monoisotopic (exact) mass is 577 g/mol. The minimum absolute atomic E-state index is 0.0659. The largest absolute Gasteiger partial charge is 0.208 e. The van der Waals surface area contributed by atoms with Crippen LogP contribution in [0.1, 0.15) is 29.2 Å². The van der Waals surface area contributed by atoms with Crippen LogP contribution in [0.15, 0.2) is 145 Å². The molecule has 2 aliphatic rings. The molecule has 5 heteroatoms. The van der Waals surface area contributed by atoms with Gasteiger partial charge in [0.25, 0.3) is 0 Å². The summed E-state index contributed by atoms with van der Waals surface area (Å²) in [7, 11) is 0. The van der Waals surface area contributed by atoms with Crippen molar-refractivity contribution in [1.82, 2.24) is 15.0 Å². The van der Waals surface area contributed by atoms with E-state index >= 15 is 0 Å². The average Bonchev–Trinajstić information content (AvgIpc) is 3.12. The highest BCUT2D eigenvalue weighted by atomic mass is 15.0. The molecule has 45 heavy (non-hydrogen) atoms. The zero-order chi connectivity index (χ0) is 30.8. The van der Waals surface area contributed by atoms with E-state index in [0.717, 1.165) is 33.4 Å². The van der Waals surface area contributed by atoms with Gasteiger partial charge >= 0.3 is 0 Å². The summed E-state index contributed by atoms with van der Waals surface area (Å²) in [6, 6.07) is 38.2. The number of aromatic nitrogens is 3. The van der Waals surface area contributed by atoms with Gasteiger partial charge in [0.1, 0.15) is 0 Å². The van der Waals surface area contributed by atoms with E-state index in [9.17, 15) is 10.5 Å². The van der Waals surface area contributed by atoms with Crippen molar-refractivity contribution in [2.75, 3.05) is 0 Å². The molecule has 0 spiro atoms. The molecule has 212 valence electrons. The maximum Gasteiger partial charge on any atom is 0.164 e. The molecule has 2 atom stereocenters. The fourth-order valence-electron chi connectivity index (χ4n) is 6.31. The second kappa shape index (κ2) is 11.5. The van der Waals surface area contributed by atoms with Crippen molar-refractivity contribution in [1.29, 1.82) is 10.5 Å². The van der Waals surface area contributed by atoms with Crippen LogP contribution in [0.2, 0.25) is 0 Å². The molecule has 4 aromatic carbocycles. The Morgan fingerprint density at radius 2 is 1.13 bits per heavy atom. The molecular weight excluding hydrogens is 550 g/mol. The highest BCUT2D eigenvalue weighted by Crippen LogP contribution is 2.51. The van der Waals surface area contributed by atoms with E-state index in [1.54, 1.807) is 6.07 Å². The van der Waals surface area contributed by atoms with Crippen LogP contribution in [-0.4, -0.2) is 15.0 Å². The van der Waals surface area contributed by atoms with Crippen molar-refractivity contribution in [2.45, 2.75) is 12.3 Å². The van der Waals surface area contributed by atoms with Crippen molar-refractivity contribution in [3.63, 3.8) is 0 Å². The molecule has 7 rings (SSSR count). The molecule has 0 saturated carbocycles. The first-order valence-corrected chi connectivity index (χ1v) is 14.8. The fourth-order valence-corrected chi connectivity index (χ4v) is 6.31. The molecule has 0 amide bonds. The maximum atomic E-state index is 9.71. The predicted molar refractivity (Wildman–Crippen MR) is 177 cm³/mol. The number of hydrogen-bond donors (Lipinski definition) is 0. The van der Waals surface area contributed by atoms with Gasteiger partial charge in [-0.3, -0.25) is 0 Å². The van der Waals surface area contributed by atoms with E-state index < -0.39 is 5.41 Å². The number of rotatable bonds is 5. The van der Waals surface area contributed by atoms with Crippen LogP contribution < -0.4 is 0 Å². The Labute approximate surface area is 262 Å². The lowest BCUT2D eigenvalue weighted by atomic mass is 9.60. The van der Waals surface area contributed by atoms with Crippen LogP contribution in [0, 0.1) is 28.6 Å². The summed E-state index contributed by atoms with van der Waals surface area (Å²) in [5, 5.41) is 19.4. The predicted octanol–water partition coefficient (Wildman–Crippen LogP) is 8.64. The Balaban J connectivity index is 1.35.